The Hall–Kier alpha value is -0.140. The first-order chi connectivity index (χ1) is 13.3. The predicted octanol–water partition coefficient (Wildman–Crippen LogP) is 2.31. The maximum atomic E-state index is 12.4. The molecule has 0 aromatic carbocycles. The van der Waals surface area contributed by atoms with Gasteiger partial charge >= 0.3 is 0 Å². The van der Waals surface area contributed by atoms with Crippen LogP contribution >= 0.6 is 46.9 Å². The SMILES string of the molecule is CN=C(NCC1(S(C)(=O)=O)CCOCC1)N1CCN(Cc2ccc(Cl)s2)CC1.I. The predicted molar refractivity (Wildman–Crippen MR) is 131 cm³/mol. The maximum absolute atomic E-state index is 12.4. The van der Waals surface area contributed by atoms with Crippen molar-refractivity contribution >= 4 is 62.7 Å². The summed E-state index contributed by atoms with van der Waals surface area (Å²) in [5.41, 5.74) is 0. The quantitative estimate of drug-likeness (QED) is 0.330. The number of piperazine rings is 1. The Kier molecular flexibility index (Phi) is 9.48. The number of nitrogens with zero attached hydrogens (tertiary/aromatic N) is 3. The van der Waals surface area contributed by atoms with Gasteiger partial charge in [-0.15, -0.1) is 35.3 Å². The minimum Gasteiger partial charge on any atom is -0.381 e. The van der Waals surface area contributed by atoms with Crippen LogP contribution in [0.4, 0.5) is 0 Å². The van der Waals surface area contributed by atoms with E-state index in [0.29, 0.717) is 32.6 Å². The molecular formula is C18H30ClIN4O3S2. The monoisotopic (exact) mass is 576 g/mol. The van der Waals surface area contributed by atoms with Crippen molar-refractivity contribution < 1.29 is 13.2 Å². The van der Waals surface area contributed by atoms with Crippen molar-refractivity contribution in [3.05, 3.63) is 21.3 Å². The van der Waals surface area contributed by atoms with E-state index in [2.05, 4.69) is 26.2 Å². The first-order valence-corrected chi connectivity index (χ1v) is 12.6. The van der Waals surface area contributed by atoms with Gasteiger partial charge in [-0.25, -0.2) is 8.42 Å². The lowest BCUT2D eigenvalue weighted by molar-refractivity contribution is 0.0753. The highest BCUT2D eigenvalue weighted by Gasteiger charge is 2.42. The number of hydrogen-bond acceptors (Lipinski definition) is 6. The van der Waals surface area contributed by atoms with Gasteiger partial charge < -0.3 is 15.0 Å². The summed E-state index contributed by atoms with van der Waals surface area (Å²) >= 11 is 7.65. The van der Waals surface area contributed by atoms with E-state index in [9.17, 15) is 8.42 Å². The molecule has 0 unspecified atom stereocenters. The van der Waals surface area contributed by atoms with Crippen molar-refractivity contribution in [1.82, 2.24) is 15.1 Å². The molecule has 0 spiro atoms. The second kappa shape index (κ2) is 10.9. The van der Waals surface area contributed by atoms with Crippen LogP contribution in [0.15, 0.2) is 17.1 Å². The Morgan fingerprint density at radius 3 is 2.45 bits per heavy atom. The van der Waals surface area contributed by atoms with Gasteiger partial charge in [0.05, 0.1) is 9.08 Å². The van der Waals surface area contributed by atoms with Crippen molar-refractivity contribution in [2.45, 2.75) is 24.1 Å². The van der Waals surface area contributed by atoms with Gasteiger partial charge in [0.2, 0.25) is 0 Å². The Morgan fingerprint density at radius 2 is 1.93 bits per heavy atom. The molecule has 3 heterocycles. The van der Waals surface area contributed by atoms with E-state index < -0.39 is 14.6 Å². The Labute approximate surface area is 199 Å². The van der Waals surface area contributed by atoms with Crippen molar-refractivity contribution in [1.29, 1.82) is 0 Å². The number of guanidine groups is 1. The highest BCUT2D eigenvalue weighted by molar-refractivity contribution is 14.0. The molecular weight excluding hydrogens is 547 g/mol. The van der Waals surface area contributed by atoms with Crippen LogP contribution in [0.3, 0.4) is 0 Å². The lowest BCUT2D eigenvalue weighted by Crippen LogP contribution is -2.57. The zero-order valence-electron chi connectivity index (χ0n) is 16.9. The molecule has 0 atom stereocenters. The van der Waals surface area contributed by atoms with Crippen LogP contribution in [-0.2, 0) is 21.1 Å². The summed E-state index contributed by atoms with van der Waals surface area (Å²) < 4.78 is 30.3. The molecule has 0 aliphatic carbocycles. The molecule has 0 radical (unpaired) electrons. The van der Waals surface area contributed by atoms with Crippen LogP contribution in [-0.4, -0.2) is 88.2 Å². The zero-order valence-corrected chi connectivity index (χ0v) is 21.6. The number of thiophene rings is 1. The number of nitrogens with one attached hydrogen (secondary N) is 1. The average Bonchev–Trinajstić information content (AvgIpc) is 3.08. The average molecular weight is 577 g/mol. The Balaban J connectivity index is 0.00000300. The van der Waals surface area contributed by atoms with E-state index in [1.54, 1.807) is 18.4 Å². The standard InChI is InChI=1S/C18H29ClN4O3S2.HI/c1-20-17(21-14-18(28(2,24)25)5-11-26-12-6-18)23-9-7-22(8-10-23)13-15-3-4-16(19)27-15;/h3-4H,5-14H2,1-2H3,(H,20,21);1H. The molecule has 2 aliphatic heterocycles. The summed E-state index contributed by atoms with van der Waals surface area (Å²) in [6.45, 7) is 5.83. The molecule has 0 saturated carbocycles. The summed E-state index contributed by atoms with van der Waals surface area (Å²) in [4.78, 5) is 10.3. The first kappa shape index (κ1) is 25.1. The van der Waals surface area contributed by atoms with Crippen molar-refractivity contribution in [2.24, 2.45) is 4.99 Å². The number of halogens is 2. The highest BCUT2D eigenvalue weighted by atomic mass is 127. The fourth-order valence-corrected chi connectivity index (χ4v) is 6.14. The molecule has 1 aromatic rings. The third kappa shape index (κ3) is 6.42. The fraction of sp³-hybridized carbons (Fsp3) is 0.722. The molecule has 0 bridgehead atoms. The Morgan fingerprint density at radius 1 is 1.28 bits per heavy atom. The number of rotatable bonds is 5. The molecule has 2 saturated heterocycles. The second-order valence-electron chi connectivity index (χ2n) is 7.44. The van der Waals surface area contributed by atoms with Crippen LogP contribution in [0.1, 0.15) is 17.7 Å². The minimum absolute atomic E-state index is 0. The van der Waals surface area contributed by atoms with Crippen molar-refractivity contribution in [3.8, 4) is 0 Å². The largest absolute Gasteiger partial charge is 0.381 e. The number of aliphatic imine (C=N–C) groups is 1. The summed E-state index contributed by atoms with van der Waals surface area (Å²) in [7, 11) is -1.45. The van der Waals surface area contributed by atoms with Crippen molar-refractivity contribution in [2.75, 3.05) is 59.2 Å². The molecule has 0 amide bonds. The second-order valence-corrected chi connectivity index (χ2v) is 11.6. The number of hydrogen-bond donors (Lipinski definition) is 1. The molecule has 1 aromatic heterocycles. The third-order valence-corrected chi connectivity index (χ3v) is 8.99. The van der Waals surface area contributed by atoms with E-state index >= 15 is 0 Å². The maximum Gasteiger partial charge on any atom is 0.193 e. The smallest absolute Gasteiger partial charge is 0.193 e. The highest BCUT2D eigenvalue weighted by Crippen LogP contribution is 2.28. The summed E-state index contributed by atoms with van der Waals surface area (Å²) in [6.07, 6.45) is 2.37. The van der Waals surface area contributed by atoms with Gasteiger partial charge in [-0.3, -0.25) is 9.89 Å². The lowest BCUT2D eigenvalue weighted by atomic mass is 9.99. The number of sulfone groups is 1. The van der Waals surface area contributed by atoms with Crippen LogP contribution in [0.5, 0.6) is 0 Å². The van der Waals surface area contributed by atoms with Gasteiger partial charge in [0.1, 0.15) is 0 Å². The Bertz CT molecular complexity index is 789. The molecule has 11 heteroatoms. The fourth-order valence-electron chi connectivity index (χ4n) is 3.77. The van der Waals surface area contributed by atoms with E-state index in [1.807, 2.05) is 6.07 Å². The van der Waals surface area contributed by atoms with E-state index in [0.717, 1.165) is 43.0 Å². The van der Waals surface area contributed by atoms with Gasteiger partial charge in [-0.2, -0.15) is 0 Å². The normalized spacial score (nSPS) is 20.9. The van der Waals surface area contributed by atoms with Crippen LogP contribution < -0.4 is 5.32 Å². The molecule has 2 fully saturated rings. The summed E-state index contributed by atoms with van der Waals surface area (Å²) in [5.74, 6) is 0.772. The van der Waals surface area contributed by atoms with E-state index in [-0.39, 0.29) is 24.0 Å². The molecule has 2 aliphatic rings. The summed E-state index contributed by atoms with van der Waals surface area (Å²) in [6, 6.07) is 4.02. The van der Waals surface area contributed by atoms with Crippen LogP contribution in [0.2, 0.25) is 4.34 Å². The minimum atomic E-state index is -3.20. The van der Waals surface area contributed by atoms with E-state index in [4.69, 9.17) is 16.3 Å². The third-order valence-electron chi connectivity index (χ3n) is 5.65. The molecule has 1 N–H and O–H groups in total. The topological polar surface area (TPSA) is 74.2 Å². The van der Waals surface area contributed by atoms with Gasteiger partial charge in [0.25, 0.3) is 0 Å². The lowest BCUT2D eigenvalue weighted by Gasteiger charge is -2.39. The van der Waals surface area contributed by atoms with Gasteiger partial charge in [0, 0.05) is 70.7 Å². The molecule has 166 valence electrons. The van der Waals surface area contributed by atoms with Gasteiger partial charge in [-0.05, 0) is 25.0 Å². The van der Waals surface area contributed by atoms with Gasteiger partial charge in [0.15, 0.2) is 15.8 Å². The zero-order chi connectivity index (χ0) is 20.2. The first-order valence-electron chi connectivity index (χ1n) is 9.52. The molecule has 7 nitrogen and oxygen atoms in total. The molecule has 3 rings (SSSR count). The van der Waals surface area contributed by atoms with E-state index in [1.165, 1.54) is 11.1 Å². The van der Waals surface area contributed by atoms with Gasteiger partial charge in [-0.1, -0.05) is 11.6 Å². The van der Waals surface area contributed by atoms with Crippen LogP contribution in [0.25, 0.3) is 0 Å². The number of ether oxygens (including phenoxy) is 1. The summed E-state index contributed by atoms with van der Waals surface area (Å²) in [5, 5.41) is 3.33. The van der Waals surface area contributed by atoms with Crippen LogP contribution in [0, 0.1) is 0 Å². The van der Waals surface area contributed by atoms with Crippen molar-refractivity contribution in [3.63, 3.8) is 0 Å². The molecule has 29 heavy (non-hydrogen) atoms.